The average Bonchev–Trinajstić information content (AvgIpc) is 2.82. The SMILES string of the molecule is CNC(=O)c1ccc(NC(=S)NC(=O)c2ccccc2OCCOc2ccccc2)cc1. The summed E-state index contributed by atoms with van der Waals surface area (Å²) in [5, 5.41) is 8.25. The summed E-state index contributed by atoms with van der Waals surface area (Å²) >= 11 is 5.24. The predicted octanol–water partition coefficient (Wildman–Crippen LogP) is 3.63. The number of anilines is 1. The van der Waals surface area contributed by atoms with Crippen LogP contribution >= 0.6 is 12.2 Å². The Kier molecular flexibility index (Phi) is 8.16. The summed E-state index contributed by atoms with van der Waals surface area (Å²) in [7, 11) is 1.57. The maximum atomic E-state index is 12.7. The number of rotatable bonds is 8. The Labute approximate surface area is 191 Å². The van der Waals surface area contributed by atoms with Gasteiger partial charge in [-0.25, -0.2) is 0 Å². The van der Waals surface area contributed by atoms with Crippen molar-refractivity contribution in [1.29, 1.82) is 0 Å². The molecular weight excluding hydrogens is 426 g/mol. The van der Waals surface area contributed by atoms with E-state index in [1.807, 2.05) is 30.3 Å². The maximum Gasteiger partial charge on any atom is 0.261 e. The van der Waals surface area contributed by atoms with Gasteiger partial charge in [0.2, 0.25) is 0 Å². The van der Waals surface area contributed by atoms with E-state index in [0.29, 0.717) is 29.2 Å². The summed E-state index contributed by atoms with van der Waals surface area (Å²) < 4.78 is 11.3. The second-order valence-corrected chi connectivity index (χ2v) is 6.98. The number of hydrogen-bond donors (Lipinski definition) is 3. The van der Waals surface area contributed by atoms with E-state index < -0.39 is 5.91 Å². The highest BCUT2D eigenvalue weighted by Gasteiger charge is 2.14. The minimum Gasteiger partial charge on any atom is -0.490 e. The molecule has 0 bridgehead atoms. The highest BCUT2D eigenvalue weighted by Crippen LogP contribution is 2.18. The van der Waals surface area contributed by atoms with Gasteiger partial charge in [0.1, 0.15) is 24.7 Å². The molecule has 0 spiro atoms. The van der Waals surface area contributed by atoms with Gasteiger partial charge in [-0.2, -0.15) is 0 Å². The lowest BCUT2D eigenvalue weighted by Gasteiger charge is -2.13. The molecular formula is C24H23N3O4S. The first-order valence-corrected chi connectivity index (χ1v) is 10.3. The third-order valence-corrected chi connectivity index (χ3v) is 4.55. The summed E-state index contributed by atoms with van der Waals surface area (Å²) in [4.78, 5) is 24.3. The van der Waals surface area contributed by atoms with Crippen LogP contribution in [0.3, 0.4) is 0 Å². The van der Waals surface area contributed by atoms with Crippen LogP contribution in [0.15, 0.2) is 78.9 Å². The second-order valence-electron chi connectivity index (χ2n) is 6.57. The van der Waals surface area contributed by atoms with Crippen molar-refractivity contribution in [2.75, 3.05) is 25.6 Å². The first kappa shape index (κ1) is 22.8. The zero-order valence-corrected chi connectivity index (χ0v) is 18.3. The summed E-state index contributed by atoms with van der Waals surface area (Å²) in [6, 6.07) is 23.0. The lowest BCUT2D eigenvalue weighted by molar-refractivity contribution is 0.0958. The van der Waals surface area contributed by atoms with Gasteiger partial charge in [0.05, 0.1) is 5.56 Å². The molecule has 3 N–H and O–H groups in total. The van der Waals surface area contributed by atoms with Crippen molar-refractivity contribution in [2.45, 2.75) is 0 Å². The fraction of sp³-hybridized carbons (Fsp3) is 0.125. The molecule has 0 fully saturated rings. The van der Waals surface area contributed by atoms with Crippen molar-refractivity contribution in [2.24, 2.45) is 0 Å². The Morgan fingerprint density at radius 1 is 0.812 bits per heavy atom. The third kappa shape index (κ3) is 6.55. The minimum atomic E-state index is -0.399. The van der Waals surface area contributed by atoms with Crippen LogP contribution in [-0.2, 0) is 0 Å². The molecule has 0 aromatic heterocycles. The first-order valence-electron chi connectivity index (χ1n) is 9.91. The van der Waals surface area contributed by atoms with E-state index in [9.17, 15) is 9.59 Å². The Bertz CT molecular complexity index is 1070. The molecule has 0 heterocycles. The van der Waals surface area contributed by atoms with Gasteiger partial charge in [-0.3, -0.25) is 14.9 Å². The van der Waals surface area contributed by atoms with E-state index in [1.54, 1.807) is 55.6 Å². The molecule has 0 saturated heterocycles. The zero-order valence-electron chi connectivity index (χ0n) is 17.5. The number of benzene rings is 3. The lowest BCUT2D eigenvalue weighted by atomic mass is 10.2. The average molecular weight is 450 g/mol. The van der Waals surface area contributed by atoms with Crippen LogP contribution in [0.2, 0.25) is 0 Å². The Morgan fingerprint density at radius 2 is 1.47 bits per heavy atom. The van der Waals surface area contributed by atoms with E-state index >= 15 is 0 Å². The van der Waals surface area contributed by atoms with Crippen LogP contribution in [0.4, 0.5) is 5.69 Å². The number of nitrogens with one attached hydrogen (secondary N) is 3. The number of carbonyl (C=O) groups excluding carboxylic acids is 2. The van der Waals surface area contributed by atoms with Gasteiger partial charge in [-0.05, 0) is 60.7 Å². The van der Waals surface area contributed by atoms with Crippen LogP contribution in [0, 0.1) is 0 Å². The van der Waals surface area contributed by atoms with E-state index in [-0.39, 0.29) is 17.6 Å². The minimum absolute atomic E-state index is 0.130. The fourth-order valence-electron chi connectivity index (χ4n) is 2.79. The maximum absolute atomic E-state index is 12.7. The van der Waals surface area contributed by atoms with Gasteiger partial charge in [0, 0.05) is 18.3 Å². The molecule has 0 aliphatic rings. The van der Waals surface area contributed by atoms with Crippen molar-refractivity contribution < 1.29 is 19.1 Å². The Morgan fingerprint density at radius 3 is 2.19 bits per heavy atom. The van der Waals surface area contributed by atoms with Gasteiger partial charge < -0.3 is 20.1 Å². The molecule has 3 aromatic rings. The van der Waals surface area contributed by atoms with Crippen LogP contribution < -0.4 is 25.4 Å². The fourth-order valence-corrected chi connectivity index (χ4v) is 3.00. The molecule has 0 unspecified atom stereocenters. The summed E-state index contributed by atoms with van der Waals surface area (Å²) in [5.74, 6) is 0.601. The van der Waals surface area contributed by atoms with Crippen molar-refractivity contribution in [3.63, 3.8) is 0 Å². The molecule has 32 heavy (non-hydrogen) atoms. The summed E-state index contributed by atoms with van der Waals surface area (Å²) in [5.41, 5.74) is 1.52. The monoisotopic (exact) mass is 449 g/mol. The summed E-state index contributed by atoms with van der Waals surface area (Å²) in [6.07, 6.45) is 0. The third-order valence-electron chi connectivity index (χ3n) is 4.34. The summed E-state index contributed by atoms with van der Waals surface area (Å²) in [6.45, 7) is 0.617. The molecule has 7 nitrogen and oxygen atoms in total. The number of thiocarbonyl (C=S) groups is 1. The van der Waals surface area contributed by atoms with Crippen molar-refractivity contribution in [3.8, 4) is 11.5 Å². The number of amides is 2. The number of carbonyl (C=O) groups is 2. The Hall–Kier alpha value is -3.91. The molecule has 0 aliphatic carbocycles. The lowest BCUT2D eigenvalue weighted by Crippen LogP contribution is -2.34. The van der Waals surface area contributed by atoms with Crippen LogP contribution in [-0.4, -0.2) is 37.2 Å². The normalized spacial score (nSPS) is 10.0. The van der Waals surface area contributed by atoms with Gasteiger partial charge in [0.25, 0.3) is 11.8 Å². The molecule has 0 atom stereocenters. The van der Waals surface area contributed by atoms with E-state index in [0.717, 1.165) is 5.75 Å². The zero-order chi connectivity index (χ0) is 22.8. The first-order chi connectivity index (χ1) is 15.6. The second kappa shape index (κ2) is 11.5. The van der Waals surface area contributed by atoms with Crippen LogP contribution in [0.25, 0.3) is 0 Å². The molecule has 2 amide bonds. The van der Waals surface area contributed by atoms with Gasteiger partial charge >= 0.3 is 0 Å². The molecule has 3 rings (SSSR count). The molecule has 0 saturated carbocycles. The molecule has 3 aromatic carbocycles. The van der Waals surface area contributed by atoms with Gasteiger partial charge in [0.15, 0.2) is 5.11 Å². The predicted molar refractivity (Wildman–Crippen MR) is 127 cm³/mol. The Balaban J connectivity index is 1.53. The smallest absolute Gasteiger partial charge is 0.261 e. The standard InChI is InChI=1S/C24H23N3O4S/c1-25-22(28)17-11-13-18(14-12-17)26-24(32)27-23(29)20-9-5-6-10-21(20)31-16-15-30-19-7-3-2-4-8-19/h2-14H,15-16H2,1H3,(H,25,28)(H2,26,27,29,32). The van der Waals surface area contributed by atoms with Crippen molar-refractivity contribution >= 4 is 34.8 Å². The van der Waals surface area contributed by atoms with Crippen molar-refractivity contribution in [3.05, 3.63) is 90.0 Å². The van der Waals surface area contributed by atoms with E-state index in [4.69, 9.17) is 21.7 Å². The topological polar surface area (TPSA) is 88.7 Å². The van der Waals surface area contributed by atoms with Gasteiger partial charge in [-0.15, -0.1) is 0 Å². The number of ether oxygens (including phenoxy) is 2. The highest BCUT2D eigenvalue weighted by molar-refractivity contribution is 7.80. The van der Waals surface area contributed by atoms with E-state index in [1.165, 1.54) is 0 Å². The van der Waals surface area contributed by atoms with E-state index in [2.05, 4.69) is 16.0 Å². The number of para-hydroxylation sites is 2. The quantitative estimate of drug-likeness (QED) is 0.360. The molecule has 0 radical (unpaired) electrons. The van der Waals surface area contributed by atoms with Crippen molar-refractivity contribution in [1.82, 2.24) is 10.6 Å². The molecule has 164 valence electrons. The van der Waals surface area contributed by atoms with Crippen LogP contribution in [0.1, 0.15) is 20.7 Å². The largest absolute Gasteiger partial charge is 0.490 e. The molecule has 8 heteroatoms. The van der Waals surface area contributed by atoms with Gasteiger partial charge in [-0.1, -0.05) is 30.3 Å². The van der Waals surface area contributed by atoms with Crippen LogP contribution in [0.5, 0.6) is 11.5 Å². The molecule has 0 aliphatic heterocycles. The highest BCUT2D eigenvalue weighted by atomic mass is 32.1. The number of hydrogen-bond acceptors (Lipinski definition) is 5.